The van der Waals surface area contributed by atoms with E-state index in [0.29, 0.717) is 16.7 Å². The fourth-order valence-electron chi connectivity index (χ4n) is 2.14. The lowest BCUT2D eigenvalue weighted by atomic mass is 10.1. The minimum atomic E-state index is -3.25. The molecule has 0 aliphatic rings. The average Bonchev–Trinajstić information content (AvgIpc) is 2.46. The summed E-state index contributed by atoms with van der Waals surface area (Å²) in [4.78, 5) is 12.2. The van der Waals surface area contributed by atoms with Crippen LogP contribution in [0, 0.1) is 0 Å². The maximum Gasteiger partial charge on any atom is 0.344 e. The van der Waals surface area contributed by atoms with Crippen LogP contribution in [0.3, 0.4) is 0 Å². The van der Waals surface area contributed by atoms with E-state index in [1.807, 2.05) is 12.1 Å². The summed E-state index contributed by atoms with van der Waals surface area (Å²) in [6, 6.07) is 15.2. The Bertz CT molecular complexity index is 967. The monoisotopic (exact) mass is 300 g/mol. The summed E-state index contributed by atoms with van der Waals surface area (Å²) in [5.74, 6) is 0. The number of benzene rings is 2. The maximum absolute atomic E-state index is 12.0. The van der Waals surface area contributed by atoms with Gasteiger partial charge in [0.2, 0.25) is 0 Å². The van der Waals surface area contributed by atoms with Gasteiger partial charge >= 0.3 is 5.63 Å². The largest absolute Gasteiger partial charge is 0.422 e. The van der Waals surface area contributed by atoms with Gasteiger partial charge in [0, 0.05) is 11.6 Å². The highest BCUT2D eigenvalue weighted by molar-refractivity contribution is 7.90. The normalized spacial score (nSPS) is 11.7. The molecular weight excluding hydrogens is 288 g/mol. The Morgan fingerprint density at radius 3 is 2.29 bits per heavy atom. The van der Waals surface area contributed by atoms with Gasteiger partial charge in [-0.25, -0.2) is 13.2 Å². The SMILES string of the molecule is CS(=O)(=O)c1ccc(-c2cc3ccccc3oc2=O)cc1. The van der Waals surface area contributed by atoms with Gasteiger partial charge in [-0.2, -0.15) is 0 Å². The molecular formula is C16H12O4S. The number of hydrogen-bond acceptors (Lipinski definition) is 4. The van der Waals surface area contributed by atoms with Gasteiger partial charge in [-0.15, -0.1) is 0 Å². The topological polar surface area (TPSA) is 64.3 Å². The van der Waals surface area contributed by atoms with Crippen LogP contribution in [-0.4, -0.2) is 14.7 Å². The summed E-state index contributed by atoms with van der Waals surface area (Å²) in [7, 11) is -3.25. The highest BCUT2D eigenvalue weighted by Crippen LogP contribution is 2.22. The molecule has 0 atom stereocenters. The minimum absolute atomic E-state index is 0.219. The van der Waals surface area contributed by atoms with Gasteiger partial charge in [0.05, 0.1) is 10.5 Å². The quantitative estimate of drug-likeness (QED) is 0.683. The fourth-order valence-corrected chi connectivity index (χ4v) is 2.78. The van der Waals surface area contributed by atoms with Gasteiger partial charge in [0.15, 0.2) is 9.84 Å². The lowest BCUT2D eigenvalue weighted by molar-refractivity contribution is 0.563. The number of para-hydroxylation sites is 1. The van der Waals surface area contributed by atoms with Gasteiger partial charge in [-0.05, 0) is 29.8 Å². The van der Waals surface area contributed by atoms with E-state index in [2.05, 4.69) is 0 Å². The van der Waals surface area contributed by atoms with Crippen molar-refractivity contribution in [1.29, 1.82) is 0 Å². The molecule has 0 aliphatic heterocycles. The van der Waals surface area contributed by atoms with Crippen LogP contribution in [0.4, 0.5) is 0 Å². The summed E-state index contributed by atoms with van der Waals surface area (Å²) >= 11 is 0. The zero-order valence-corrected chi connectivity index (χ0v) is 12.1. The molecule has 3 rings (SSSR count). The molecule has 0 fully saturated rings. The first-order valence-electron chi connectivity index (χ1n) is 6.28. The van der Waals surface area contributed by atoms with E-state index >= 15 is 0 Å². The Kier molecular flexibility index (Phi) is 3.14. The summed E-state index contributed by atoms with van der Waals surface area (Å²) < 4.78 is 28.2. The molecule has 0 saturated carbocycles. The summed E-state index contributed by atoms with van der Waals surface area (Å²) in [6.07, 6.45) is 1.15. The van der Waals surface area contributed by atoms with Crippen LogP contribution in [0.25, 0.3) is 22.1 Å². The Morgan fingerprint density at radius 1 is 0.952 bits per heavy atom. The third-order valence-corrected chi connectivity index (χ3v) is 4.36. The van der Waals surface area contributed by atoms with Gasteiger partial charge in [-0.3, -0.25) is 0 Å². The molecule has 0 radical (unpaired) electrons. The molecule has 21 heavy (non-hydrogen) atoms. The number of rotatable bonds is 2. The van der Waals surface area contributed by atoms with Crippen LogP contribution in [-0.2, 0) is 9.84 Å². The van der Waals surface area contributed by atoms with Crippen LogP contribution in [0.15, 0.2) is 68.7 Å². The van der Waals surface area contributed by atoms with Crippen molar-refractivity contribution in [3.05, 3.63) is 65.0 Å². The highest BCUT2D eigenvalue weighted by atomic mass is 32.2. The van der Waals surface area contributed by atoms with E-state index in [-0.39, 0.29) is 4.90 Å². The lowest BCUT2D eigenvalue weighted by Gasteiger charge is -2.04. The molecule has 0 spiro atoms. The van der Waals surface area contributed by atoms with Crippen molar-refractivity contribution < 1.29 is 12.8 Å². The highest BCUT2D eigenvalue weighted by Gasteiger charge is 2.10. The predicted octanol–water partition coefficient (Wildman–Crippen LogP) is 2.86. The fraction of sp³-hybridized carbons (Fsp3) is 0.0625. The van der Waals surface area contributed by atoms with Crippen LogP contribution in [0.5, 0.6) is 0 Å². The molecule has 3 aromatic rings. The average molecular weight is 300 g/mol. The molecule has 0 unspecified atom stereocenters. The molecule has 1 heterocycles. The van der Waals surface area contributed by atoms with E-state index in [4.69, 9.17) is 4.42 Å². The van der Waals surface area contributed by atoms with E-state index in [1.165, 1.54) is 12.1 Å². The Labute approximate surface area is 121 Å². The standard InChI is InChI=1S/C16H12O4S/c1-21(18,19)13-8-6-11(7-9-13)14-10-12-4-2-3-5-15(12)20-16(14)17/h2-10H,1H3. The smallest absolute Gasteiger partial charge is 0.344 e. The first-order chi connectivity index (χ1) is 9.95. The molecule has 2 aromatic carbocycles. The molecule has 0 amide bonds. The second kappa shape index (κ2) is 4.86. The van der Waals surface area contributed by atoms with Crippen molar-refractivity contribution in [2.75, 3.05) is 6.26 Å². The van der Waals surface area contributed by atoms with Crippen LogP contribution in [0.2, 0.25) is 0 Å². The first-order valence-corrected chi connectivity index (χ1v) is 8.18. The zero-order valence-electron chi connectivity index (χ0n) is 11.2. The van der Waals surface area contributed by atoms with E-state index < -0.39 is 15.5 Å². The second-order valence-corrected chi connectivity index (χ2v) is 6.80. The van der Waals surface area contributed by atoms with E-state index in [0.717, 1.165) is 11.6 Å². The summed E-state index contributed by atoms with van der Waals surface area (Å²) in [6.45, 7) is 0. The van der Waals surface area contributed by atoms with Crippen molar-refractivity contribution in [2.24, 2.45) is 0 Å². The third kappa shape index (κ3) is 2.60. The van der Waals surface area contributed by atoms with Crippen molar-refractivity contribution >= 4 is 20.8 Å². The van der Waals surface area contributed by atoms with E-state index in [9.17, 15) is 13.2 Å². The molecule has 0 bridgehead atoms. The Balaban J connectivity index is 2.16. The van der Waals surface area contributed by atoms with Crippen molar-refractivity contribution in [3.8, 4) is 11.1 Å². The van der Waals surface area contributed by atoms with Crippen molar-refractivity contribution in [3.63, 3.8) is 0 Å². The van der Waals surface area contributed by atoms with Gasteiger partial charge in [-0.1, -0.05) is 30.3 Å². The van der Waals surface area contributed by atoms with Crippen molar-refractivity contribution in [1.82, 2.24) is 0 Å². The number of sulfone groups is 1. The summed E-state index contributed by atoms with van der Waals surface area (Å²) in [5.41, 5.74) is 1.12. The minimum Gasteiger partial charge on any atom is -0.422 e. The molecule has 0 saturated heterocycles. The Morgan fingerprint density at radius 2 is 1.62 bits per heavy atom. The molecule has 0 N–H and O–H groups in total. The zero-order chi connectivity index (χ0) is 15.0. The molecule has 0 aliphatic carbocycles. The molecule has 5 heteroatoms. The van der Waals surface area contributed by atoms with Gasteiger partial charge < -0.3 is 4.42 Å². The van der Waals surface area contributed by atoms with Crippen LogP contribution < -0.4 is 5.63 Å². The Hall–Kier alpha value is -2.40. The second-order valence-electron chi connectivity index (χ2n) is 4.78. The maximum atomic E-state index is 12.0. The number of hydrogen-bond donors (Lipinski definition) is 0. The van der Waals surface area contributed by atoms with Gasteiger partial charge in [0.1, 0.15) is 5.58 Å². The predicted molar refractivity (Wildman–Crippen MR) is 81.0 cm³/mol. The van der Waals surface area contributed by atoms with Crippen molar-refractivity contribution in [2.45, 2.75) is 4.90 Å². The first kappa shape index (κ1) is 13.6. The summed E-state index contributed by atoms with van der Waals surface area (Å²) in [5, 5.41) is 0.819. The third-order valence-electron chi connectivity index (χ3n) is 3.23. The lowest BCUT2D eigenvalue weighted by Crippen LogP contribution is -2.03. The van der Waals surface area contributed by atoms with Crippen LogP contribution >= 0.6 is 0 Å². The number of fused-ring (bicyclic) bond motifs is 1. The van der Waals surface area contributed by atoms with Gasteiger partial charge in [0.25, 0.3) is 0 Å². The molecule has 4 nitrogen and oxygen atoms in total. The van der Waals surface area contributed by atoms with Crippen LogP contribution in [0.1, 0.15) is 0 Å². The molecule has 1 aromatic heterocycles. The molecule has 106 valence electrons. The van der Waals surface area contributed by atoms with E-state index in [1.54, 1.807) is 30.3 Å².